The number of benzene rings is 1. The summed E-state index contributed by atoms with van der Waals surface area (Å²) in [5, 5.41) is 3.54. The largest absolute Gasteiger partial charge is 0.310 e. The Hall–Kier alpha value is -1.61. The molecule has 2 aromatic rings. The molecule has 3 rings (SSSR count). The lowest BCUT2D eigenvalue weighted by molar-refractivity contribution is 0.687. The fourth-order valence-electron chi connectivity index (χ4n) is 1.99. The fraction of sp³-hybridized carbons (Fsp3) is 0.357. The Labute approximate surface area is 101 Å². The highest BCUT2D eigenvalue weighted by Crippen LogP contribution is 2.20. The lowest BCUT2D eigenvalue weighted by atomic mass is 10.1. The van der Waals surface area contributed by atoms with Crippen LogP contribution in [0.5, 0.6) is 0 Å². The molecule has 1 N–H and O–H groups in total. The minimum Gasteiger partial charge on any atom is -0.310 e. The fourth-order valence-corrected chi connectivity index (χ4v) is 1.99. The van der Waals surface area contributed by atoms with E-state index in [1.165, 1.54) is 29.7 Å². The molecule has 1 aromatic heterocycles. The number of nitrogens with one attached hydrogen (secondary N) is 1. The summed E-state index contributed by atoms with van der Waals surface area (Å²) >= 11 is 0. The lowest BCUT2D eigenvalue weighted by Crippen LogP contribution is -2.15. The highest BCUT2D eigenvalue weighted by molar-refractivity contribution is 5.43. The molecule has 0 atom stereocenters. The Balaban J connectivity index is 1.83. The molecule has 1 aromatic carbocycles. The van der Waals surface area contributed by atoms with Crippen molar-refractivity contribution in [2.24, 2.45) is 0 Å². The molecule has 1 fully saturated rings. The van der Waals surface area contributed by atoms with Gasteiger partial charge in [0, 0.05) is 30.7 Å². The molecule has 88 valence electrons. The van der Waals surface area contributed by atoms with E-state index in [2.05, 4.69) is 40.0 Å². The smallest absolute Gasteiger partial charge is 0.0991 e. The van der Waals surface area contributed by atoms with Crippen molar-refractivity contribution in [3.63, 3.8) is 0 Å². The molecule has 17 heavy (non-hydrogen) atoms. The van der Waals surface area contributed by atoms with Gasteiger partial charge in [0.1, 0.15) is 0 Å². The van der Waals surface area contributed by atoms with Gasteiger partial charge in [-0.3, -0.25) is 0 Å². The van der Waals surface area contributed by atoms with E-state index in [0.29, 0.717) is 0 Å². The predicted octanol–water partition coefficient (Wildman–Crippen LogP) is 2.43. The molecule has 0 aliphatic heterocycles. The number of aryl methyl sites for hydroxylation is 1. The van der Waals surface area contributed by atoms with E-state index in [1.807, 2.05) is 18.7 Å². The maximum absolute atomic E-state index is 4.10. The first kappa shape index (κ1) is 10.5. The van der Waals surface area contributed by atoms with Crippen LogP contribution < -0.4 is 5.32 Å². The number of hydrogen-bond acceptors (Lipinski definition) is 2. The highest BCUT2D eigenvalue weighted by Gasteiger charge is 2.19. The van der Waals surface area contributed by atoms with Gasteiger partial charge in [0.15, 0.2) is 0 Å². The van der Waals surface area contributed by atoms with Crippen molar-refractivity contribution in [3.8, 4) is 5.69 Å². The van der Waals surface area contributed by atoms with E-state index < -0.39 is 0 Å². The van der Waals surface area contributed by atoms with Crippen molar-refractivity contribution in [1.29, 1.82) is 0 Å². The van der Waals surface area contributed by atoms with Crippen LogP contribution in [0.1, 0.15) is 24.0 Å². The van der Waals surface area contributed by atoms with Gasteiger partial charge in [-0.05, 0) is 37.0 Å². The number of rotatable bonds is 4. The molecular formula is C14H17N3. The van der Waals surface area contributed by atoms with Crippen molar-refractivity contribution in [2.75, 3.05) is 0 Å². The van der Waals surface area contributed by atoms with Crippen molar-refractivity contribution in [3.05, 3.63) is 48.0 Å². The van der Waals surface area contributed by atoms with E-state index in [1.54, 1.807) is 0 Å². The van der Waals surface area contributed by atoms with Crippen LogP contribution in [0.3, 0.4) is 0 Å². The Bertz CT molecular complexity index is 498. The third-order valence-corrected chi connectivity index (χ3v) is 3.23. The summed E-state index contributed by atoms with van der Waals surface area (Å²) in [6.45, 7) is 3.10. The van der Waals surface area contributed by atoms with Crippen LogP contribution in [-0.4, -0.2) is 15.6 Å². The van der Waals surface area contributed by atoms with E-state index >= 15 is 0 Å². The van der Waals surface area contributed by atoms with E-state index in [4.69, 9.17) is 0 Å². The first-order chi connectivity index (χ1) is 8.33. The maximum Gasteiger partial charge on any atom is 0.0991 e. The number of imidazole rings is 1. The summed E-state index contributed by atoms with van der Waals surface area (Å²) in [6.07, 6.45) is 8.32. The van der Waals surface area contributed by atoms with Gasteiger partial charge in [-0.25, -0.2) is 4.98 Å². The van der Waals surface area contributed by atoms with Crippen LogP contribution in [0.2, 0.25) is 0 Å². The maximum atomic E-state index is 4.10. The number of hydrogen-bond donors (Lipinski definition) is 1. The topological polar surface area (TPSA) is 29.9 Å². The van der Waals surface area contributed by atoms with Crippen molar-refractivity contribution in [2.45, 2.75) is 32.4 Å². The third-order valence-electron chi connectivity index (χ3n) is 3.23. The second-order valence-corrected chi connectivity index (χ2v) is 4.75. The Kier molecular flexibility index (Phi) is 2.69. The van der Waals surface area contributed by atoms with Gasteiger partial charge in [0.05, 0.1) is 6.33 Å². The van der Waals surface area contributed by atoms with Crippen LogP contribution in [-0.2, 0) is 6.54 Å². The summed E-state index contributed by atoms with van der Waals surface area (Å²) in [4.78, 5) is 4.10. The molecule has 0 bridgehead atoms. The van der Waals surface area contributed by atoms with Gasteiger partial charge >= 0.3 is 0 Å². The zero-order valence-corrected chi connectivity index (χ0v) is 10.1. The molecule has 0 amide bonds. The van der Waals surface area contributed by atoms with Gasteiger partial charge in [0.2, 0.25) is 0 Å². The average Bonchev–Trinajstić information content (AvgIpc) is 3.01. The molecule has 0 saturated heterocycles. The van der Waals surface area contributed by atoms with E-state index in [9.17, 15) is 0 Å². The standard InChI is InChI=1S/C14H17N3/c1-11-2-3-12(9-16-13-4-5-13)8-14(11)17-7-6-15-10-17/h2-3,6-8,10,13,16H,4-5,9H2,1H3. The van der Waals surface area contributed by atoms with Crippen LogP contribution in [0.25, 0.3) is 5.69 Å². The first-order valence-electron chi connectivity index (χ1n) is 6.14. The molecule has 3 nitrogen and oxygen atoms in total. The van der Waals surface area contributed by atoms with Gasteiger partial charge in [-0.1, -0.05) is 12.1 Å². The molecule has 0 radical (unpaired) electrons. The molecule has 0 unspecified atom stereocenters. The van der Waals surface area contributed by atoms with Crippen LogP contribution in [0.4, 0.5) is 0 Å². The number of nitrogens with zero attached hydrogens (tertiary/aromatic N) is 2. The van der Waals surface area contributed by atoms with Crippen LogP contribution in [0.15, 0.2) is 36.9 Å². The average molecular weight is 227 g/mol. The van der Waals surface area contributed by atoms with Crippen molar-refractivity contribution in [1.82, 2.24) is 14.9 Å². The van der Waals surface area contributed by atoms with Crippen LogP contribution >= 0.6 is 0 Å². The van der Waals surface area contributed by atoms with Crippen molar-refractivity contribution >= 4 is 0 Å². The molecule has 1 aliphatic rings. The monoisotopic (exact) mass is 227 g/mol. The van der Waals surface area contributed by atoms with E-state index in [0.717, 1.165) is 12.6 Å². The molecule has 1 heterocycles. The minimum absolute atomic E-state index is 0.757. The van der Waals surface area contributed by atoms with Crippen LogP contribution in [0, 0.1) is 6.92 Å². The third kappa shape index (κ3) is 2.39. The predicted molar refractivity (Wildman–Crippen MR) is 68.2 cm³/mol. The highest BCUT2D eigenvalue weighted by atomic mass is 15.0. The zero-order valence-electron chi connectivity index (χ0n) is 10.1. The summed E-state index contributed by atoms with van der Waals surface area (Å²) in [5.74, 6) is 0. The van der Waals surface area contributed by atoms with Gasteiger partial charge in [-0.15, -0.1) is 0 Å². The first-order valence-corrected chi connectivity index (χ1v) is 6.14. The van der Waals surface area contributed by atoms with Crippen molar-refractivity contribution < 1.29 is 0 Å². The van der Waals surface area contributed by atoms with E-state index in [-0.39, 0.29) is 0 Å². The molecule has 0 spiro atoms. The van der Waals surface area contributed by atoms with Gasteiger partial charge in [-0.2, -0.15) is 0 Å². The minimum atomic E-state index is 0.757. The number of aromatic nitrogens is 2. The second-order valence-electron chi connectivity index (χ2n) is 4.75. The lowest BCUT2D eigenvalue weighted by Gasteiger charge is -2.10. The molecule has 1 aliphatic carbocycles. The summed E-state index contributed by atoms with van der Waals surface area (Å²) < 4.78 is 2.07. The SMILES string of the molecule is Cc1ccc(CNC2CC2)cc1-n1ccnc1. The Morgan fingerprint density at radius 3 is 3.00 bits per heavy atom. The summed E-state index contributed by atoms with van der Waals surface area (Å²) in [7, 11) is 0. The summed E-state index contributed by atoms with van der Waals surface area (Å²) in [5.41, 5.74) is 3.84. The normalized spacial score (nSPS) is 15.1. The van der Waals surface area contributed by atoms with Gasteiger partial charge in [0.25, 0.3) is 0 Å². The van der Waals surface area contributed by atoms with Gasteiger partial charge < -0.3 is 9.88 Å². The molecule has 1 saturated carbocycles. The zero-order chi connectivity index (χ0) is 11.7. The Morgan fingerprint density at radius 2 is 2.29 bits per heavy atom. The second kappa shape index (κ2) is 4.34. The molecule has 3 heteroatoms. The Morgan fingerprint density at radius 1 is 1.41 bits per heavy atom. The quantitative estimate of drug-likeness (QED) is 0.869. The molecular weight excluding hydrogens is 210 g/mol. The summed E-state index contributed by atoms with van der Waals surface area (Å²) in [6, 6.07) is 7.38.